The summed E-state index contributed by atoms with van der Waals surface area (Å²) in [5, 5.41) is 3.66. The first-order valence-corrected chi connectivity index (χ1v) is 12.0. The maximum Gasteiger partial charge on any atom is 0.261 e. The Morgan fingerprint density at radius 3 is 2.34 bits per heavy atom. The van der Waals surface area contributed by atoms with Crippen LogP contribution in [0.25, 0.3) is 0 Å². The lowest BCUT2D eigenvalue weighted by Gasteiger charge is -2.28. The van der Waals surface area contributed by atoms with E-state index in [1.807, 2.05) is 19.9 Å². The van der Waals surface area contributed by atoms with Gasteiger partial charge in [0.25, 0.3) is 10.0 Å². The quantitative estimate of drug-likeness (QED) is 0.555. The van der Waals surface area contributed by atoms with Crippen LogP contribution in [-0.2, 0) is 14.8 Å². The van der Waals surface area contributed by atoms with Gasteiger partial charge in [-0.05, 0) is 55.8 Å². The fraction of sp³-hybridized carbons (Fsp3) is 0.273. The maximum atomic E-state index is 12.7. The van der Waals surface area contributed by atoms with Crippen LogP contribution in [0, 0.1) is 13.8 Å². The highest BCUT2D eigenvalue weighted by Gasteiger charge is 2.16. The summed E-state index contributed by atoms with van der Waals surface area (Å²) >= 11 is 6.07. The van der Waals surface area contributed by atoms with E-state index in [-0.39, 0.29) is 4.90 Å². The van der Waals surface area contributed by atoms with Gasteiger partial charge < -0.3 is 15.0 Å². The molecule has 4 rings (SSSR count). The molecule has 32 heavy (non-hydrogen) atoms. The third kappa shape index (κ3) is 5.29. The Morgan fingerprint density at radius 1 is 0.969 bits per heavy atom. The Hall–Kier alpha value is -2.88. The van der Waals surface area contributed by atoms with E-state index < -0.39 is 10.0 Å². The molecule has 0 unspecified atom stereocenters. The monoisotopic (exact) mass is 473 g/mol. The molecule has 2 heterocycles. The smallest absolute Gasteiger partial charge is 0.261 e. The van der Waals surface area contributed by atoms with Crippen LogP contribution in [-0.4, -0.2) is 44.7 Å². The summed E-state index contributed by atoms with van der Waals surface area (Å²) in [6.45, 7) is 6.61. The summed E-state index contributed by atoms with van der Waals surface area (Å²) in [4.78, 5) is 11.3. The molecule has 0 atom stereocenters. The molecular formula is C22H24ClN5O3S. The molecule has 0 amide bonds. The molecule has 0 saturated carbocycles. The second-order valence-electron chi connectivity index (χ2n) is 7.48. The Labute approximate surface area is 192 Å². The first-order valence-electron chi connectivity index (χ1n) is 10.1. The van der Waals surface area contributed by atoms with Crippen LogP contribution in [0.5, 0.6) is 0 Å². The molecule has 0 bridgehead atoms. The van der Waals surface area contributed by atoms with Crippen LogP contribution in [0.1, 0.15) is 11.4 Å². The van der Waals surface area contributed by atoms with Crippen molar-refractivity contribution in [2.45, 2.75) is 18.7 Å². The van der Waals surface area contributed by atoms with Crippen LogP contribution in [0.2, 0.25) is 5.02 Å². The molecule has 0 radical (unpaired) electrons. The first kappa shape index (κ1) is 22.3. The summed E-state index contributed by atoms with van der Waals surface area (Å²) in [5.74, 6) is 2.18. The van der Waals surface area contributed by atoms with Gasteiger partial charge in [0.2, 0.25) is 0 Å². The van der Waals surface area contributed by atoms with Crippen LogP contribution in [0.4, 0.5) is 23.0 Å². The Kier molecular flexibility index (Phi) is 6.50. The van der Waals surface area contributed by atoms with Gasteiger partial charge in [-0.1, -0.05) is 17.7 Å². The lowest BCUT2D eigenvalue weighted by molar-refractivity contribution is 0.122. The number of aryl methyl sites for hydroxylation is 2. The highest BCUT2D eigenvalue weighted by atomic mass is 35.5. The molecule has 168 valence electrons. The Balaban J connectivity index is 1.47. The highest BCUT2D eigenvalue weighted by molar-refractivity contribution is 7.92. The van der Waals surface area contributed by atoms with Crippen molar-refractivity contribution < 1.29 is 13.2 Å². The van der Waals surface area contributed by atoms with Crippen molar-refractivity contribution in [3.63, 3.8) is 0 Å². The Bertz CT molecular complexity index is 1210. The van der Waals surface area contributed by atoms with Crippen LogP contribution in [0.15, 0.2) is 53.4 Å². The summed E-state index contributed by atoms with van der Waals surface area (Å²) in [6.07, 6.45) is 0. The number of nitrogens with zero attached hydrogens (tertiary/aromatic N) is 3. The number of benzene rings is 2. The number of hydrogen-bond donors (Lipinski definition) is 2. The molecule has 0 spiro atoms. The van der Waals surface area contributed by atoms with Gasteiger partial charge in [0.15, 0.2) is 0 Å². The average molecular weight is 474 g/mol. The predicted octanol–water partition coefficient (Wildman–Crippen LogP) is 4.13. The van der Waals surface area contributed by atoms with Crippen molar-refractivity contribution in [3.05, 3.63) is 64.9 Å². The van der Waals surface area contributed by atoms with Crippen molar-refractivity contribution in [3.8, 4) is 0 Å². The largest absolute Gasteiger partial charge is 0.378 e. The van der Waals surface area contributed by atoms with Gasteiger partial charge in [-0.15, -0.1) is 0 Å². The van der Waals surface area contributed by atoms with Crippen molar-refractivity contribution in [2.75, 3.05) is 41.2 Å². The minimum atomic E-state index is -3.74. The number of sulfonamides is 1. The number of hydrogen-bond acceptors (Lipinski definition) is 7. The number of anilines is 4. The zero-order valence-corrected chi connectivity index (χ0v) is 19.4. The fourth-order valence-electron chi connectivity index (χ4n) is 3.29. The minimum Gasteiger partial charge on any atom is -0.378 e. The van der Waals surface area contributed by atoms with Gasteiger partial charge in [0, 0.05) is 35.6 Å². The number of morpholine rings is 1. The van der Waals surface area contributed by atoms with Crippen molar-refractivity contribution >= 4 is 44.6 Å². The standard InChI is InChI=1S/C22H24ClN5O3S/c1-15-3-8-19(13-20(15)23)32(29,30)27-18-6-4-17(5-7-18)26-21-14-22(25-16(2)24-21)28-9-11-31-12-10-28/h3-8,13-14,27H,9-12H2,1-2H3,(H,24,25,26). The Morgan fingerprint density at radius 2 is 1.66 bits per heavy atom. The van der Waals surface area contributed by atoms with E-state index in [2.05, 4.69) is 24.9 Å². The van der Waals surface area contributed by atoms with Crippen LogP contribution >= 0.6 is 11.6 Å². The van der Waals surface area contributed by atoms with E-state index in [0.29, 0.717) is 35.6 Å². The van der Waals surface area contributed by atoms with E-state index in [1.165, 1.54) is 12.1 Å². The van der Waals surface area contributed by atoms with Gasteiger partial charge in [0.1, 0.15) is 17.5 Å². The van der Waals surface area contributed by atoms with Crippen molar-refractivity contribution in [1.82, 2.24) is 9.97 Å². The highest BCUT2D eigenvalue weighted by Crippen LogP contribution is 2.25. The number of halogens is 1. The summed E-state index contributed by atoms with van der Waals surface area (Å²) in [7, 11) is -3.74. The number of aromatic nitrogens is 2. The minimum absolute atomic E-state index is 0.113. The average Bonchev–Trinajstić information content (AvgIpc) is 2.77. The van der Waals surface area contributed by atoms with Gasteiger partial charge in [-0.2, -0.15) is 0 Å². The van der Waals surface area contributed by atoms with Crippen molar-refractivity contribution in [1.29, 1.82) is 0 Å². The number of nitrogens with one attached hydrogen (secondary N) is 2. The molecule has 3 aromatic rings. The summed E-state index contributed by atoms with van der Waals surface area (Å²) in [5.41, 5.74) is 2.04. The van der Waals surface area contributed by atoms with Crippen LogP contribution in [0.3, 0.4) is 0 Å². The first-order chi connectivity index (χ1) is 15.3. The molecule has 10 heteroatoms. The second-order valence-corrected chi connectivity index (χ2v) is 9.57. The SMILES string of the molecule is Cc1nc(Nc2ccc(NS(=O)(=O)c3ccc(C)c(Cl)c3)cc2)cc(N2CCOCC2)n1. The van der Waals surface area contributed by atoms with Gasteiger partial charge in [-0.25, -0.2) is 18.4 Å². The zero-order valence-electron chi connectivity index (χ0n) is 17.8. The molecule has 1 aromatic heterocycles. The summed E-state index contributed by atoms with van der Waals surface area (Å²) in [6, 6.07) is 13.5. The molecule has 0 aliphatic carbocycles. The van der Waals surface area contributed by atoms with Crippen LogP contribution < -0.4 is 14.9 Å². The second kappa shape index (κ2) is 9.32. The van der Waals surface area contributed by atoms with Crippen molar-refractivity contribution in [2.24, 2.45) is 0 Å². The third-order valence-electron chi connectivity index (χ3n) is 5.02. The molecule has 1 fully saturated rings. The molecule has 1 saturated heterocycles. The molecule has 2 aromatic carbocycles. The summed E-state index contributed by atoms with van der Waals surface area (Å²) < 4.78 is 33.3. The molecule has 1 aliphatic rings. The van der Waals surface area contributed by atoms with E-state index in [4.69, 9.17) is 16.3 Å². The predicted molar refractivity (Wildman–Crippen MR) is 127 cm³/mol. The van der Waals surface area contributed by atoms with Gasteiger partial charge in [0.05, 0.1) is 18.1 Å². The van der Waals surface area contributed by atoms with E-state index in [1.54, 1.807) is 30.3 Å². The molecular weight excluding hydrogens is 450 g/mol. The third-order valence-corrected chi connectivity index (χ3v) is 6.81. The maximum absolute atomic E-state index is 12.7. The lowest BCUT2D eigenvalue weighted by atomic mass is 10.2. The van der Waals surface area contributed by atoms with Gasteiger partial charge >= 0.3 is 0 Å². The number of rotatable bonds is 6. The normalized spacial score (nSPS) is 14.3. The topological polar surface area (TPSA) is 96.5 Å². The van der Waals surface area contributed by atoms with E-state index in [0.717, 1.165) is 30.2 Å². The van der Waals surface area contributed by atoms with Gasteiger partial charge in [-0.3, -0.25) is 4.72 Å². The number of ether oxygens (including phenoxy) is 1. The fourth-order valence-corrected chi connectivity index (χ4v) is 4.62. The molecule has 8 nitrogen and oxygen atoms in total. The molecule has 2 N–H and O–H groups in total. The lowest BCUT2D eigenvalue weighted by Crippen LogP contribution is -2.36. The van der Waals surface area contributed by atoms with E-state index in [9.17, 15) is 8.42 Å². The molecule has 1 aliphatic heterocycles. The zero-order chi connectivity index (χ0) is 22.7. The van der Waals surface area contributed by atoms with E-state index >= 15 is 0 Å².